The molecule has 1 aliphatic rings. The minimum atomic E-state index is -0.361. The number of carbonyl (C=O) groups is 1. The zero-order valence-corrected chi connectivity index (χ0v) is 10.2. The first-order valence-electron chi connectivity index (χ1n) is 5.74. The van der Waals surface area contributed by atoms with Crippen molar-refractivity contribution in [1.29, 1.82) is 0 Å². The van der Waals surface area contributed by atoms with E-state index in [1.807, 2.05) is 27.7 Å². The van der Waals surface area contributed by atoms with Gasteiger partial charge in [0, 0.05) is 13.0 Å². The molecule has 0 unspecified atom stereocenters. The average molecular weight is 214 g/mol. The molecule has 1 rings (SSSR count). The van der Waals surface area contributed by atoms with Gasteiger partial charge in [-0.25, -0.2) is 0 Å². The number of esters is 1. The van der Waals surface area contributed by atoms with E-state index in [-0.39, 0.29) is 11.6 Å². The Hall–Kier alpha value is -0.570. The first-order chi connectivity index (χ1) is 6.90. The molecule has 0 heterocycles. The summed E-state index contributed by atoms with van der Waals surface area (Å²) in [5.74, 6) is 0.388. The fourth-order valence-electron chi connectivity index (χ4n) is 1.83. The molecule has 88 valence electrons. The van der Waals surface area contributed by atoms with Crippen molar-refractivity contribution < 1.29 is 14.3 Å². The molecule has 3 heteroatoms. The van der Waals surface area contributed by atoms with Crippen molar-refractivity contribution in [2.45, 2.75) is 58.7 Å². The van der Waals surface area contributed by atoms with Gasteiger partial charge in [0.2, 0.25) is 0 Å². The maximum Gasteiger partial charge on any atom is 0.306 e. The number of ether oxygens (including phenoxy) is 2. The lowest BCUT2D eigenvalue weighted by atomic mass is 9.80. The molecule has 0 aromatic rings. The molecule has 0 atom stereocenters. The van der Waals surface area contributed by atoms with Gasteiger partial charge in [-0.15, -0.1) is 0 Å². The minimum Gasteiger partial charge on any atom is -0.460 e. The maximum atomic E-state index is 11.5. The third-order valence-electron chi connectivity index (χ3n) is 2.47. The molecule has 0 amide bonds. The van der Waals surface area contributed by atoms with E-state index in [4.69, 9.17) is 9.47 Å². The Morgan fingerprint density at radius 3 is 2.40 bits per heavy atom. The van der Waals surface area contributed by atoms with Crippen molar-refractivity contribution in [3.8, 4) is 0 Å². The maximum absolute atomic E-state index is 11.5. The second-order valence-electron chi connectivity index (χ2n) is 5.21. The van der Waals surface area contributed by atoms with Crippen LogP contribution < -0.4 is 0 Å². The zero-order chi connectivity index (χ0) is 11.5. The van der Waals surface area contributed by atoms with Crippen LogP contribution in [0.1, 0.15) is 47.0 Å². The summed E-state index contributed by atoms with van der Waals surface area (Å²) in [6.45, 7) is 8.46. The minimum absolute atomic E-state index is 0.0811. The molecule has 0 N–H and O–H groups in total. The van der Waals surface area contributed by atoms with Crippen LogP contribution in [0.25, 0.3) is 0 Å². The molecular weight excluding hydrogens is 192 g/mol. The number of hydrogen-bond acceptors (Lipinski definition) is 3. The van der Waals surface area contributed by atoms with Crippen LogP contribution >= 0.6 is 0 Å². The SMILES string of the molecule is CCOC1CC(CC(=O)OC(C)(C)C)C1. The Morgan fingerprint density at radius 1 is 1.33 bits per heavy atom. The van der Waals surface area contributed by atoms with Crippen LogP contribution in [-0.2, 0) is 14.3 Å². The number of hydrogen-bond donors (Lipinski definition) is 0. The molecule has 3 nitrogen and oxygen atoms in total. The summed E-state index contributed by atoms with van der Waals surface area (Å²) in [5, 5.41) is 0. The second-order valence-corrected chi connectivity index (χ2v) is 5.21. The fraction of sp³-hybridized carbons (Fsp3) is 0.917. The van der Waals surface area contributed by atoms with Gasteiger partial charge in [-0.2, -0.15) is 0 Å². The van der Waals surface area contributed by atoms with E-state index in [2.05, 4.69) is 0 Å². The Morgan fingerprint density at radius 2 is 1.93 bits per heavy atom. The van der Waals surface area contributed by atoms with Crippen molar-refractivity contribution in [2.75, 3.05) is 6.61 Å². The first kappa shape index (κ1) is 12.5. The molecule has 0 spiro atoms. The van der Waals surface area contributed by atoms with Crippen LogP contribution in [0.3, 0.4) is 0 Å². The monoisotopic (exact) mass is 214 g/mol. The van der Waals surface area contributed by atoms with E-state index in [1.54, 1.807) is 0 Å². The van der Waals surface area contributed by atoms with Crippen molar-refractivity contribution in [3.05, 3.63) is 0 Å². The third kappa shape index (κ3) is 4.65. The Labute approximate surface area is 92.1 Å². The first-order valence-corrected chi connectivity index (χ1v) is 5.74. The summed E-state index contributed by atoms with van der Waals surface area (Å²) in [6.07, 6.45) is 2.93. The molecule has 0 aliphatic heterocycles. The molecule has 0 saturated heterocycles. The van der Waals surface area contributed by atoms with E-state index in [9.17, 15) is 4.79 Å². The van der Waals surface area contributed by atoms with Crippen LogP contribution in [0.5, 0.6) is 0 Å². The molecule has 0 aromatic heterocycles. The Kier molecular flexibility index (Phi) is 4.14. The lowest BCUT2D eigenvalue weighted by Crippen LogP contribution is -2.34. The van der Waals surface area contributed by atoms with Gasteiger partial charge in [0.1, 0.15) is 5.60 Å². The van der Waals surface area contributed by atoms with E-state index in [0.29, 0.717) is 18.4 Å². The fourth-order valence-corrected chi connectivity index (χ4v) is 1.83. The lowest BCUT2D eigenvalue weighted by Gasteiger charge is -2.34. The summed E-state index contributed by atoms with van der Waals surface area (Å²) >= 11 is 0. The van der Waals surface area contributed by atoms with Gasteiger partial charge in [-0.05, 0) is 46.5 Å². The highest BCUT2D eigenvalue weighted by Crippen LogP contribution is 2.33. The van der Waals surface area contributed by atoms with E-state index in [1.165, 1.54) is 0 Å². The summed E-state index contributed by atoms with van der Waals surface area (Å²) in [4.78, 5) is 11.5. The average Bonchev–Trinajstić information content (AvgIpc) is 1.97. The van der Waals surface area contributed by atoms with Gasteiger partial charge >= 0.3 is 5.97 Å². The predicted octanol–water partition coefficient (Wildman–Crippen LogP) is 2.53. The highest BCUT2D eigenvalue weighted by Gasteiger charge is 2.32. The number of rotatable bonds is 4. The van der Waals surface area contributed by atoms with Crippen LogP contribution in [0, 0.1) is 5.92 Å². The van der Waals surface area contributed by atoms with Crippen molar-refractivity contribution in [2.24, 2.45) is 5.92 Å². The van der Waals surface area contributed by atoms with Crippen LogP contribution in [0.4, 0.5) is 0 Å². The lowest BCUT2D eigenvalue weighted by molar-refractivity contribution is -0.158. The van der Waals surface area contributed by atoms with Gasteiger partial charge in [0.05, 0.1) is 6.10 Å². The summed E-state index contributed by atoms with van der Waals surface area (Å²) < 4.78 is 10.7. The summed E-state index contributed by atoms with van der Waals surface area (Å²) in [6, 6.07) is 0. The van der Waals surface area contributed by atoms with Crippen LogP contribution in [0.2, 0.25) is 0 Å². The van der Waals surface area contributed by atoms with Crippen molar-refractivity contribution >= 4 is 5.97 Å². The van der Waals surface area contributed by atoms with Gasteiger partial charge in [-0.1, -0.05) is 0 Å². The predicted molar refractivity (Wildman–Crippen MR) is 58.6 cm³/mol. The smallest absolute Gasteiger partial charge is 0.306 e. The summed E-state index contributed by atoms with van der Waals surface area (Å²) in [7, 11) is 0. The van der Waals surface area contributed by atoms with Crippen LogP contribution in [0.15, 0.2) is 0 Å². The van der Waals surface area contributed by atoms with E-state index >= 15 is 0 Å². The van der Waals surface area contributed by atoms with Crippen LogP contribution in [-0.4, -0.2) is 24.3 Å². The van der Waals surface area contributed by atoms with Gasteiger partial charge in [0.15, 0.2) is 0 Å². The molecule has 0 bridgehead atoms. The highest BCUT2D eigenvalue weighted by molar-refractivity contribution is 5.70. The second kappa shape index (κ2) is 4.97. The van der Waals surface area contributed by atoms with E-state index < -0.39 is 0 Å². The Bertz CT molecular complexity index is 211. The highest BCUT2D eigenvalue weighted by atomic mass is 16.6. The topological polar surface area (TPSA) is 35.5 Å². The van der Waals surface area contributed by atoms with Crippen molar-refractivity contribution in [3.63, 3.8) is 0 Å². The van der Waals surface area contributed by atoms with Gasteiger partial charge < -0.3 is 9.47 Å². The molecule has 0 aromatic carbocycles. The quantitative estimate of drug-likeness (QED) is 0.675. The Balaban J connectivity index is 2.14. The van der Waals surface area contributed by atoms with Crippen molar-refractivity contribution in [1.82, 2.24) is 0 Å². The molecule has 1 saturated carbocycles. The number of carbonyl (C=O) groups excluding carboxylic acids is 1. The van der Waals surface area contributed by atoms with Gasteiger partial charge in [-0.3, -0.25) is 4.79 Å². The molecular formula is C12H22O3. The molecule has 0 radical (unpaired) electrons. The van der Waals surface area contributed by atoms with E-state index in [0.717, 1.165) is 19.4 Å². The molecule has 1 aliphatic carbocycles. The standard InChI is InChI=1S/C12H22O3/c1-5-14-10-6-9(7-10)8-11(13)15-12(2,3)4/h9-10H,5-8H2,1-4H3. The molecule has 15 heavy (non-hydrogen) atoms. The van der Waals surface area contributed by atoms with Gasteiger partial charge in [0.25, 0.3) is 0 Å². The largest absolute Gasteiger partial charge is 0.460 e. The normalized spacial score (nSPS) is 25.9. The zero-order valence-electron chi connectivity index (χ0n) is 10.2. The summed E-state index contributed by atoms with van der Waals surface area (Å²) in [5.41, 5.74) is -0.361. The third-order valence-corrected chi connectivity index (χ3v) is 2.47. The molecule has 1 fully saturated rings.